The number of ether oxygens (including phenoxy) is 2. The van der Waals surface area contributed by atoms with Gasteiger partial charge in [0, 0.05) is 43.5 Å². The lowest BCUT2D eigenvalue weighted by Gasteiger charge is -2.43. The number of alkyl halides is 3. The molecule has 1 aliphatic heterocycles. The number of carbonyl (C=O) groups excluding carboxylic acids is 2. The van der Waals surface area contributed by atoms with Gasteiger partial charge in [0.1, 0.15) is 12.4 Å². The highest BCUT2D eigenvalue weighted by Gasteiger charge is 2.43. The van der Waals surface area contributed by atoms with Gasteiger partial charge < -0.3 is 19.7 Å². The van der Waals surface area contributed by atoms with Gasteiger partial charge in [-0.3, -0.25) is 14.5 Å². The van der Waals surface area contributed by atoms with E-state index in [0.29, 0.717) is 44.1 Å². The molecule has 2 amide bonds. The van der Waals surface area contributed by atoms with Crippen LogP contribution in [0.2, 0.25) is 0 Å². The minimum atomic E-state index is -2.16. The van der Waals surface area contributed by atoms with Crippen LogP contribution in [-0.4, -0.2) is 72.0 Å². The van der Waals surface area contributed by atoms with Crippen LogP contribution in [0.5, 0.6) is 5.75 Å². The molecule has 1 aliphatic carbocycles. The third-order valence-corrected chi connectivity index (χ3v) is 8.20. The highest BCUT2D eigenvalue weighted by molar-refractivity contribution is 6.76. The van der Waals surface area contributed by atoms with E-state index in [-0.39, 0.29) is 12.1 Å². The number of nitrogens with one attached hydrogen (secondary N) is 1. The van der Waals surface area contributed by atoms with Crippen molar-refractivity contribution in [1.29, 1.82) is 0 Å². The van der Waals surface area contributed by atoms with Crippen LogP contribution >= 0.6 is 34.8 Å². The molecular formula is C33H32Cl3F2N3O4. The number of amides is 2. The molecule has 1 fully saturated rings. The molecule has 1 saturated heterocycles. The van der Waals surface area contributed by atoms with Crippen molar-refractivity contribution in [3.63, 3.8) is 0 Å². The first kappa shape index (κ1) is 33.2. The van der Waals surface area contributed by atoms with E-state index in [1.165, 1.54) is 11.0 Å². The molecule has 3 aromatic rings. The third-order valence-electron chi connectivity index (χ3n) is 7.69. The van der Waals surface area contributed by atoms with Crippen LogP contribution in [0.15, 0.2) is 84.4 Å². The monoisotopic (exact) mass is 677 g/mol. The van der Waals surface area contributed by atoms with Gasteiger partial charge in [-0.05, 0) is 54.3 Å². The maximum Gasteiger partial charge on any atom is 0.272 e. The number of morpholine rings is 1. The summed E-state index contributed by atoms with van der Waals surface area (Å²) in [6.45, 7) is 4.32. The minimum absolute atomic E-state index is 0.0208. The van der Waals surface area contributed by atoms with Gasteiger partial charge in [0.25, 0.3) is 15.6 Å². The van der Waals surface area contributed by atoms with Crippen molar-refractivity contribution in [2.45, 2.75) is 22.2 Å². The summed E-state index contributed by atoms with van der Waals surface area (Å²) in [7, 11) is 0. The molecule has 0 spiro atoms. The highest BCUT2D eigenvalue weighted by Crippen LogP contribution is 2.38. The van der Waals surface area contributed by atoms with E-state index >= 15 is 0 Å². The Hall–Kier alpha value is -3.21. The summed E-state index contributed by atoms with van der Waals surface area (Å²) in [6, 6.07) is 19.6. The molecule has 45 heavy (non-hydrogen) atoms. The molecule has 12 heteroatoms. The normalized spacial score (nSPS) is 18.5. The van der Waals surface area contributed by atoms with E-state index < -0.39 is 32.8 Å². The van der Waals surface area contributed by atoms with Crippen molar-refractivity contribution >= 4 is 52.3 Å². The molecule has 0 aromatic heterocycles. The second-order valence-corrected chi connectivity index (χ2v) is 13.4. The number of hydrogen-bond acceptors (Lipinski definition) is 5. The molecule has 1 N–H and O–H groups in total. The van der Waals surface area contributed by atoms with Gasteiger partial charge in [-0.2, -0.15) is 0 Å². The predicted octanol–water partition coefficient (Wildman–Crippen LogP) is 6.12. The molecule has 1 heterocycles. The van der Waals surface area contributed by atoms with Gasteiger partial charge in [0.05, 0.1) is 18.8 Å². The summed E-state index contributed by atoms with van der Waals surface area (Å²) in [4.78, 5) is 30.2. The molecule has 0 bridgehead atoms. The molecule has 2 aliphatic rings. The van der Waals surface area contributed by atoms with Crippen LogP contribution < -0.4 is 15.0 Å². The number of hydrogen-bond donors (Lipinski definition) is 1. The fourth-order valence-corrected chi connectivity index (χ4v) is 5.63. The average Bonchev–Trinajstić information content (AvgIpc) is 3.00. The molecule has 0 radical (unpaired) electrons. The Balaban J connectivity index is 1.40. The fraction of sp³-hybridized carbons (Fsp3) is 0.333. The second-order valence-electron chi connectivity index (χ2n) is 11.1. The van der Waals surface area contributed by atoms with E-state index in [1.807, 2.05) is 36.4 Å². The largest absolute Gasteiger partial charge is 0.492 e. The number of carbonyl (C=O) groups is 2. The van der Waals surface area contributed by atoms with Gasteiger partial charge in [-0.1, -0.05) is 77.3 Å². The van der Waals surface area contributed by atoms with E-state index in [0.717, 1.165) is 42.9 Å². The van der Waals surface area contributed by atoms with Crippen molar-refractivity contribution in [3.05, 3.63) is 107 Å². The summed E-state index contributed by atoms with van der Waals surface area (Å²) in [5.74, 6) is -2.92. The van der Waals surface area contributed by atoms with Crippen molar-refractivity contribution < 1.29 is 27.8 Å². The Morgan fingerprint density at radius 3 is 2.40 bits per heavy atom. The predicted molar refractivity (Wildman–Crippen MR) is 171 cm³/mol. The third kappa shape index (κ3) is 8.74. The highest BCUT2D eigenvalue weighted by atomic mass is 35.6. The van der Waals surface area contributed by atoms with E-state index in [9.17, 15) is 18.4 Å². The Morgan fingerprint density at radius 1 is 0.978 bits per heavy atom. The summed E-state index contributed by atoms with van der Waals surface area (Å²) in [5, 5.41) is 2.86. The van der Waals surface area contributed by atoms with E-state index in [4.69, 9.17) is 44.3 Å². The van der Waals surface area contributed by atoms with Crippen LogP contribution in [0.1, 0.15) is 22.3 Å². The number of benzene rings is 3. The van der Waals surface area contributed by atoms with Crippen molar-refractivity contribution in [1.82, 2.24) is 10.2 Å². The second kappa shape index (κ2) is 14.5. The first-order valence-electron chi connectivity index (χ1n) is 14.5. The van der Waals surface area contributed by atoms with Crippen molar-refractivity contribution in [2.75, 3.05) is 50.9 Å². The maximum atomic E-state index is 14.2. The fourth-order valence-electron chi connectivity index (χ4n) is 5.49. The van der Waals surface area contributed by atoms with Crippen molar-refractivity contribution in [3.8, 4) is 5.75 Å². The first-order valence-corrected chi connectivity index (χ1v) is 15.6. The van der Waals surface area contributed by atoms with Gasteiger partial charge in [-0.15, -0.1) is 0 Å². The number of halogens is 5. The minimum Gasteiger partial charge on any atom is -0.492 e. The zero-order valence-corrected chi connectivity index (χ0v) is 26.6. The maximum absolute atomic E-state index is 14.2. The number of nitrogens with zero attached hydrogens (tertiary/aromatic N) is 2. The molecule has 1 atom stereocenters. The lowest BCUT2D eigenvalue weighted by molar-refractivity contribution is -0.121. The topological polar surface area (TPSA) is 71.1 Å². The molecule has 238 valence electrons. The van der Waals surface area contributed by atoms with Gasteiger partial charge in [0.15, 0.2) is 11.6 Å². The SMILES string of the molecule is O=C(c1ccc(F)c(F)c1)N(CC1=CC(Cc2ccccc2)(NC(=O)C(Cl)(Cl)Cl)C1)c1cccc(OCCN2CCOCC2)c1. The molecule has 7 nitrogen and oxygen atoms in total. The number of anilines is 1. The molecule has 5 rings (SSSR count). The summed E-state index contributed by atoms with van der Waals surface area (Å²) >= 11 is 17.6. The molecule has 3 aromatic carbocycles. The number of rotatable bonds is 11. The zero-order valence-electron chi connectivity index (χ0n) is 24.3. The lowest BCUT2D eigenvalue weighted by Crippen LogP contribution is -2.57. The van der Waals surface area contributed by atoms with Crippen LogP contribution in [0, 0.1) is 11.6 Å². The molecule has 1 unspecified atom stereocenters. The quantitative estimate of drug-likeness (QED) is 0.196. The van der Waals surface area contributed by atoms with E-state index in [2.05, 4.69) is 10.2 Å². The van der Waals surface area contributed by atoms with Crippen molar-refractivity contribution in [2.24, 2.45) is 0 Å². The summed E-state index contributed by atoms with van der Waals surface area (Å²) in [6.07, 6.45) is 2.63. The van der Waals surface area contributed by atoms with Gasteiger partial charge in [-0.25, -0.2) is 8.78 Å². The standard InChI is InChI=1S/C33H32Cl3F2N3O4/c34-33(35,36)31(43)39-32(19-23-5-2-1-3-6-23)20-24(21-32)22-41(30(42)25-9-10-28(37)29(38)17-25)26-7-4-8-27(18-26)45-16-13-40-11-14-44-15-12-40/h1-10,17-18,20H,11-16,19,21-22H2,(H,39,43). The van der Waals surface area contributed by atoms with Crippen LogP contribution in [0.3, 0.4) is 0 Å². The van der Waals surface area contributed by atoms with Crippen LogP contribution in [-0.2, 0) is 16.0 Å². The van der Waals surface area contributed by atoms with Crippen LogP contribution in [0.25, 0.3) is 0 Å². The summed E-state index contributed by atoms with van der Waals surface area (Å²) in [5.41, 5.74) is 1.38. The van der Waals surface area contributed by atoms with E-state index in [1.54, 1.807) is 24.3 Å². The van der Waals surface area contributed by atoms with Gasteiger partial charge in [0.2, 0.25) is 0 Å². The summed E-state index contributed by atoms with van der Waals surface area (Å²) < 4.78 is 37.1. The Morgan fingerprint density at radius 2 is 1.71 bits per heavy atom. The molecule has 0 saturated carbocycles. The Kier molecular flexibility index (Phi) is 10.7. The Labute approximate surface area is 275 Å². The first-order chi connectivity index (χ1) is 21.5. The Bertz CT molecular complexity index is 1550. The molecular weight excluding hydrogens is 647 g/mol. The lowest BCUT2D eigenvalue weighted by atomic mass is 9.74. The average molecular weight is 679 g/mol. The smallest absolute Gasteiger partial charge is 0.272 e. The van der Waals surface area contributed by atoms with Gasteiger partial charge >= 0.3 is 0 Å². The zero-order chi connectivity index (χ0) is 32.0. The van der Waals surface area contributed by atoms with Crippen LogP contribution in [0.4, 0.5) is 14.5 Å².